The van der Waals surface area contributed by atoms with E-state index in [1.54, 1.807) is 0 Å². The van der Waals surface area contributed by atoms with Gasteiger partial charge in [0.2, 0.25) is 0 Å². The van der Waals surface area contributed by atoms with Gasteiger partial charge in [0.05, 0.1) is 0 Å². The van der Waals surface area contributed by atoms with Crippen LogP contribution >= 0.6 is 0 Å². The van der Waals surface area contributed by atoms with Crippen LogP contribution in [0, 0.1) is 6.42 Å². The smallest absolute Gasteiger partial charge is 0.0622 e. The summed E-state index contributed by atoms with van der Waals surface area (Å²) in [5.74, 6) is 0. The van der Waals surface area contributed by atoms with Gasteiger partial charge in [0.25, 0.3) is 0 Å². The zero-order valence-corrected chi connectivity index (χ0v) is 6.38. The van der Waals surface area contributed by atoms with E-state index in [2.05, 4.69) is 43.7 Å². The minimum Gasteiger partial charge on any atom is -0.0622 e. The minimum atomic E-state index is 0. The Bertz CT molecular complexity index is 169. The Morgan fingerprint density at radius 2 is 1.82 bits per heavy atom. The molecule has 0 saturated heterocycles. The molecule has 0 amide bonds. The Morgan fingerprint density at radius 1 is 1.18 bits per heavy atom. The van der Waals surface area contributed by atoms with Gasteiger partial charge in [-0.05, 0) is 24.8 Å². The van der Waals surface area contributed by atoms with E-state index >= 15 is 0 Å². The maximum absolute atomic E-state index is 2.20. The Morgan fingerprint density at radius 3 is 2.36 bits per heavy atom. The first-order valence-electron chi connectivity index (χ1n) is 3.75. The van der Waals surface area contributed by atoms with E-state index in [1.807, 2.05) is 0 Å². The number of hydrogen-bond donors (Lipinski definition) is 0. The van der Waals surface area contributed by atoms with E-state index in [9.17, 15) is 0 Å². The lowest BCUT2D eigenvalue weighted by Gasteiger charge is -1.96. The van der Waals surface area contributed by atoms with Crippen molar-refractivity contribution in [1.29, 1.82) is 0 Å². The molecule has 1 aromatic rings. The van der Waals surface area contributed by atoms with Gasteiger partial charge in [-0.1, -0.05) is 37.3 Å². The molecule has 0 N–H and O–H groups in total. The van der Waals surface area contributed by atoms with Crippen molar-refractivity contribution in [1.82, 2.24) is 0 Å². The van der Waals surface area contributed by atoms with Crippen LogP contribution in [0.25, 0.3) is 0 Å². The van der Waals surface area contributed by atoms with E-state index in [-0.39, 0.29) is 17.4 Å². The summed E-state index contributed by atoms with van der Waals surface area (Å²) in [5, 5.41) is 0. The molecule has 1 heteroatoms. The van der Waals surface area contributed by atoms with Gasteiger partial charge in [-0.3, -0.25) is 0 Å². The maximum Gasteiger partial charge on any atom is 0.187 e. The maximum atomic E-state index is 2.20. The highest BCUT2D eigenvalue weighted by atomic mass is 27.0. The van der Waals surface area contributed by atoms with Gasteiger partial charge in [0, 0.05) is 0 Å². The van der Waals surface area contributed by atoms with Gasteiger partial charge in [0.15, 0.2) is 17.4 Å². The van der Waals surface area contributed by atoms with Crippen molar-refractivity contribution in [2.45, 2.75) is 19.8 Å². The molecular weight excluding hydrogens is 147 g/mol. The summed E-state index contributed by atoms with van der Waals surface area (Å²) in [6.45, 7) is 2.10. The molecule has 0 atom stereocenters. The topological polar surface area (TPSA) is 0 Å². The van der Waals surface area contributed by atoms with Crippen molar-refractivity contribution in [3.63, 3.8) is 0 Å². The predicted octanol–water partition coefficient (Wildman–Crippen LogP) is 1.66. The molecule has 0 fully saturated rings. The number of hydrogen-bond acceptors (Lipinski definition) is 0. The second-order valence-corrected chi connectivity index (χ2v) is 2.43. The highest BCUT2D eigenvalue weighted by molar-refractivity contribution is 5.75. The summed E-state index contributed by atoms with van der Waals surface area (Å²) in [4.78, 5) is 0. The van der Waals surface area contributed by atoms with Gasteiger partial charge in [-0.2, -0.15) is 0 Å². The molecule has 0 aliphatic heterocycles. The Labute approximate surface area is 79.8 Å². The molecule has 0 aliphatic rings. The molecule has 59 valence electrons. The normalized spacial score (nSPS) is 8.82. The third kappa shape index (κ3) is 4.24. The monoisotopic (exact) mass is 163 g/mol. The fourth-order valence-electron chi connectivity index (χ4n) is 0.956. The van der Waals surface area contributed by atoms with Crippen molar-refractivity contribution >= 4 is 17.4 Å². The Balaban J connectivity index is 0.000001000. The summed E-state index contributed by atoms with van der Waals surface area (Å²) in [5.41, 5.74) is 1.43. The lowest BCUT2D eigenvalue weighted by atomic mass is 10.1. The summed E-state index contributed by atoms with van der Waals surface area (Å²) < 4.78 is 0. The SMILES string of the molecule is C[CH]CCc1ccccc1.[AlH3]. The molecule has 11 heavy (non-hydrogen) atoms. The summed E-state index contributed by atoms with van der Waals surface area (Å²) in [6, 6.07) is 10.6. The quantitative estimate of drug-likeness (QED) is 0.594. The molecule has 0 spiro atoms. The first-order chi connectivity index (χ1) is 4.93. The fraction of sp³-hybridized carbons (Fsp3) is 0.300. The average molecular weight is 163 g/mol. The standard InChI is InChI=1S/C10H13.Al.3H/c1-2-3-7-10-8-5-4-6-9-10;;;;/h2,4-6,8-9H,3,7H2,1H3;;;;. The molecule has 0 saturated carbocycles. The number of rotatable bonds is 3. The van der Waals surface area contributed by atoms with Crippen LogP contribution in [-0.2, 0) is 6.42 Å². The van der Waals surface area contributed by atoms with Crippen molar-refractivity contribution in [2.75, 3.05) is 0 Å². The fourth-order valence-corrected chi connectivity index (χ4v) is 0.956. The van der Waals surface area contributed by atoms with E-state index in [1.165, 1.54) is 18.4 Å². The van der Waals surface area contributed by atoms with Crippen LogP contribution in [0.4, 0.5) is 0 Å². The minimum absolute atomic E-state index is 0. The van der Waals surface area contributed by atoms with Crippen LogP contribution in [0.15, 0.2) is 30.3 Å². The second-order valence-electron chi connectivity index (χ2n) is 2.43. The largest absolute Gasteiger partial charge is 0.187 e. The van der Waals surface area contributed by atoms with Gasteiger partial charge in [-0.15, -0.1) is 0 Å². The molecule has 0 aromatic heterocycles. The Kier molecular flexibility index (Phi) is 6.32. The third-order valence-corrected chi connectivity index (χ3v) is 1.56. The number of unbranched alkanes of at least 4 members (excludes halogenated alkanes) is 1. The highest BCUT2D eigenvalue weighted by Crippen LogP contribution is 2.02. The lowest BCUT2D eigenvalue weighted by Crippen LogP contribution is -1.82. The first kappa shape index (κ1) is 10.8. The zero-order valence-electron chi connectivity index (χ0n) is 6.38. The van der Waals surface area contributed by atoms with Crippen LogP contribution < -0.4 is 0 Å². The molecule has 1 radical (unpaired) electrons. The van der Waals surface area contributed by atoms with E-state index < -0.39 is 0 Å². The predicted molar refractivity (Wildman–Crippen MR) is 54.7 cm³/mol. The second kappa shape index (κ2) is 6.46. The van der Waals surface area contributed by atoms with Crippen LogP contribution in [0.1, 0.15) is 18.9 Å². The van der Waals surface area contributed by atoms with Crippen LogP contribution in [0.3, 0.4) is 0 Å². The molecular formula is C10H16Al. The van der Waals surface area contributed by atoms with E-state index in [0.717, 1.165) is 0 Å². The van der Waals surface area contributed by atoms with Crippen LogP contribution in [0.5, 0.6) is 0 Å². The summed E-state index contributed by atoms with van der Waals surface area (Å²) in [7, 11) is 0. The van der Waals surface area contributed by atoms with Crippen LogP contribution in [-0.4, -0.2) is 17.4 Å². The molecule has 1 aromatic carbocycles. The van der Waals surface area contributed by atoms with E-state index in [0.29, 0.717) is 0 Å². The van der Waals surface area contributed by atoms with E-state index in [4.69, 9.17) is 0 Å². The van der Waals surface area contributed by atoms with Gasteiger partial charge >= 0.3 is 0 Å². The van der Waals surface area contributed by atoms with Gasteiger partial charge in [0.1, 0.15) is 0 Å². The lowest BCUT2D eigenvalue weighted by molar-refractivity contribution is 0.937. The van der Waals surface area contributed by atoms with Crippen molar-refractivity contribution < 1.29 is 0 Å². The van der Waals surface area contributed by atoms with Crippen molar-refractivity contribution in [2.24, 2.45) is 0 Å². The molecule has 1 rings (SSSR count). The number of aryl methyl sites for hydroxylation is 1. The summed E-state index contributed by atoms with van der Waals surface area (Å²) in [6.07, 6.45) is 4.56. The summed E-state index contributed by atoms with van der Waals surface area (Å²) >= 11 is 0. The van der Waals surface area contributed by atoms with Crippen molar-refractivity contribution in [3.05, 3.63) is 42.3 Å². The average Bonchev–Trinajstić information content (AvgIpc) is 2.03. The zero-order chi connectivity index (χ0) is 7.23. The Hall–Kier alpha value is -0.248. The third-order valence-electron chi connectivity index (χ3n) is 1.56. The van der Waals surface area contributed by atoms with Gasteiger partial charge < -0.3 is 0 Å². The first-order valence-corrected chi connectivity index (χ1v) is 3.75. The van der Waals surface area contributed by atoms with Crippen molar-refractivity contribution in [3.8, 4) is 0 Å². The molecule has 0 aliphatic carbocycles. The molecule has 0 bridgehead atoms. The molecule has 0 nitrogen and oxygen atoms in total. The molecule has 0 heterocycles. The van der Waals surface area contributed by atoms with Crippen LogP contribution in [0.2, 0.25) is 0 Å². The molecule has 0 unspecified atom stereocenters. The number of benzene rings is 1. The van der Waals surface area contributed by atoms with Gasteiger partial charge in [-0.25, -0.2) is 0 Å². The highest BCUT2D eigenvalue weighted by Gasteiger charge is 1.87.